The van der Waals surface area contributed by atoms with E-state index in [4.69, 9.17) is 19.9 Å². The van der Waals surface area contributed by atoms with Crippen molar-refractivity contribution >= 4 is 11.6 Å². The molecule has 3 rings (SSSR count). The maximum Gasteiger partial charge on any atom is 0.193 e. The van der Waals surface area contributed by atoms with Crippen LogP contribution < -0.4 is 20.5 Å². The number of guanidine groups is 1. The SMILES string of the molecule is COc1ccc(OC)c(NC(N)=NC2CC3OCCCC23)c1. The Morgan fingerprint density at radius 1 is 1.36 bits per heavy atom. The highest BCUT2D eigenvalue weighted by molar-refractivity contribution is 5.94. The molecular weight excluding hydrogens is 282 g/mol. The highest BCUT2D eigenvalue weighted by atomic mass is 16.5. The van der Waals surface area contributed by atoms with E-state index >= 15 is 0 Å². The molecule has 2 aliphatic rings. The summed E-state index contributed by atoms with van der Waals surface area (Å²) >= 11 is 0. The number of nitrogens with one attached hydrogen (secondary N) is 1. The van der Waals surface area contributed by atoms with Gasteiger partial charge in [0.25, 0.3) is 0 Å². The van der Waals surface area contributed by atoms with Gasteiger partial charge in [0, 0.05) is 18.6 Å². The number of fused-ring (bicyclic) bond motifs is 1. The van der Waals surface area contributed by atoms with Gasteiger partial charge in [-0.15, -0.1) is 0 Å². The van der Waals surface area contributed by atoms with Crippen LogP contribution >= 0.6 is 0 Å². The van der Waals surface area contributed by atoms with Crippen molar-refractivity contribution in [2.75, 3.05) is 26.1 Å². The number of rotatable bonds is 4. The van der Waals surface area contributed by atoms with Crippen molar-refractivity contribution in [3.05, 3.63) is 18.2 Å². The van der Waals surface area contributed by atoms with E-state index in [-0.39, 0.29) is 6.04 Å². The lowest BCUT2D eigenvalue weighted by Crippen LogP contribution is -2.49. The van der Waals surface area contributed by atoms with Gasteiger partial charge in [0.1, 0.15) is 11.5 Å². The Labute approximate surface area is 130 Å². The fraction of sp³-hybridized carbons (Fsp3) is 0.562. The average Bonchev–Trinajstić information content (AvgIpc) is 2.52. The minimum absolute atomic E-state index is 0.259. The monoisotopic (exact) mass is 305 g/mol. The number of hydrogen-bond donors (Lipinski definition) is 2. The number of anilines is 1. The van der Waals surface area contributed by atoms with Gasteiger partial charge in [-0.1, -0.05) is 0 Å². The van der Waals surface area contributed by atoms with Crippen LogP contribution in [0.2, 0.25) is 0 Å². The third-order valence-electron chi connectivity index (χ3n) is 4.43. The van der Waals surface area contributed by atoms with Crippen molar-refractivity contribution in [2.24, 2.45) is 16.6 Å². The first-order valence-corrected chi connectivity index (χ1v) is 7.65. The van der Waals surface area contributed by atoms with Gasteiger partial charge in [0.15, 0.2) is 5.96 Å². The van der Waals surface area contributed by atoms with Gasteiger partial charge in [0.2, 0.25) is 0 Å². The predicted octanol–water partition coefficient (Wildman–Crippen LogP) is 2.00. The van der Waals surface area contributed by atoms with E-state index in [1.54, 1.807) is 14.2 Å². The van der Waals surface area contributed by atoms with Crippen molar-refractivity contribution < 1.29 is 14.2 Å². The largest absolute Gasteiger partial charge is 0.497 e. The van der Waals surface area contributed by atoms with Crippen LogP contribution in [-0.4, -0.2) is 38.9 Å². The lowest BCUT2D eigenvalue weighted by molar-refractivity contribution is -0.0937. The maximum atomic E-state index is 6.05. The highest BCUT2D eigenvalue weighted by Crippen LogP contribution is 2.40. The zero-order valence-corrected chi connectivity index (χ0v) is 13.0. The first kappa shape index (κ1) is 15.0. The molecule has 1 aliphatic carbocycles. The van der Waals surface area contributed by atoms with Crippen LogP contribution in [0, 0.1) is 5.92 Å². The minimum atomic E-state index is 0.259. The molecule has 0 radical (unpaired) electrons. The predicted molar refractivity (Wildman–Crippen MR) is 85.7 cm³/mol. The third-order valence-corrected chi connectivity index (χ3v) is 4.43. The number of methoxy groups -OCH3 is 2. The van der Waals surface area contributed by atoms with Crippen LogP contribution in [0.1, 0.15) is 19.3 Å². The van der Waals surface area contributed by atoms with Gasteiger partial charge in [0.05, 0.1) is 32.1 Å². The summed E-state index contributed by atoms with van der Waals surface area (Å²) in [6.07, 6.45) is 3.63. The molecule has 22 heavy (non-hydrogen) atoms. The van der Waals surface area contributed by atoms with E-state index in [0.29, 0.717) is 23.7 Å². The highest BCUT2D eigenvalue weighted by Gasteiger charge is 2.43. The molecule has 6 heteroatoms. The van der Waals surface area contributed by atoms with Crippen molar-refractivity contribution in [2.45, 2.75) is 31.4 Å². The summed E-state index contributed by atoms with van der Waals surface area (Å²) in [5, 5.41) is 3.11. The molecule has 0 amide bonds. The molecule has 1 heterocycles. The Bertz CT molecular complexity index is 562. The first-order chi connectivity index (χ1) is 10.7. The number of hydrogen-bond acceptors (Lipinski definition) is 4. The molecule has 120 valence electrons. The van der Waals surface area contributed by atoms with Gasteiger partial charge < -0.3 is 25.3 Å². The summed E-state index contributed by atoms with van der Waals surface area (Å²) in [5.41, 5.74) is 6.80. The molecule has 1 saturated heterocycles. The quantitative estimate of drug-likeness (QED) is 0.657. The summed E-state index contributed by atoms with van der Waals surface area (Å²) in [6, 6.07) is 5.78. The number of nitrogens with two attached hydrogens (primary N) is 1. The molecule has 1 aromatic rings. The van der Waals surface area contributed by atoms with Crippen LogP contribution in [0.15, 0.2) is 23.2 Å². The summed E-state index contributed by atoms with van der Waals surface area (Å²) in [4.78, 5) is 4.60. The van der Waals surface area contributed by atoms with Crippen LogP contribution in [0.4, 0.5) is 5.69 Å². The zero-order chi connectivity index (χ0) is 15.5. The summed E-state index contributed by atoms with van der Waals surface area (Å²) in [6.45, 7) is 0.881. The Morgan fingerprint density at radius 3 is 2.95 bits per heavy atom. The van der Waals surface area contributed by atoms with E-state index < -0.39 is 0 Å². The molecule has 2 fully saturated rings. The van der Waals surface area contributed by atoms with E-state index in [1.807, 2.05) is 18.2 Å². The summed E-state index contributed by atoms with van der Waals surface area (Å²) in [7, 11) is 3.25. The first-order valence-electron chi connectivity index (χ1n) is 7.65. The summed E-state index contributed by atoms with van der Waals surface area (Å²) in [5.74, 6) is 2.36. The molecule has 0 spiro atoms. The van der Waals surface area contributed by atoms with Crippen LogP contribution in [0.5, 0.6) is 11.5 Å². The van der Waals surface area contributed by atoms with E-state index in [9.17, 15) is 0 Å². The van der Waals surface area contributed by atoms with Crippen molar-refractivity contribution in [1.29, 1.82) is 0 Å². The molecule has 1 saturated carbocycles. The molecule has 3 N–H and O–H groups in total. The fourth-order valence-electron chi connectivity index (χ4n) is 3.17. The molecular formula is C16H23N3O3. The number of aliphatic imine (C=N–C) groups is 1. The minimum Gasteiger partial charge on any atom is -0.497 e. The lowest BCUT2D eigenvalue weighted by atomic mass is 9.73. The molecule has 6 nitrogen and oxygen atoms in total. The van der Waals surface area contributed by atoms with E-state index in [2.05, 4.69) is 10.3 Å². The van der Waals surface area contributed by atoms with Crippen molar-refractivity contribution in [1.82, 2.24) is 0 Å². The maximum absolute atomic E-state index is 6.05. The fourth-order valence-corrected chi connectivity index (χ4v) is 3.17. The second-order valence-electron chi connectivity index (χ2n) is 5.72. The second kappa shape index (κ2) is 6.44. The Kier molecular flexibility index (Phi) is 4.38. The zero-order valence-electron chi connectivity index (χ0n) is 13.0. The molecule has 0 aromatic heterocycles. The van der Waals surface area contributed by atoms with E-state index in [1.165, 1.54) is 6.42 Å². The Morgan fingerprint density at radius 2 is 2.23 bits per heavy atom. The molecule has 3 atom stereocenters. The van der Waals surface area contributed by atoms with Gasteiger partial charge in [-0.2, -0.15) is 0 Å². The van der Waals surface area contributed by atoms with Crippen LogP contribution in [0.3, 0.4) is 0 Å². The van der Waals surface area contributed by atoms with Crippen LogP contribution in [-0.2, 0) is 4.74 Å². The van der Waals surface area contributed by atoms with Crippen LogP contribution in [0.25, 0.3) is 0 Å². The van der Waals surface area contributed by atoms with Gasteiger partial charge in [-0.3, -0.25) is 0 Å². The standard InChI is InChI=1S/C16H23N3O3/c1-20-10-5-6-14(21-2)13(8-10)19-16(17)18-12-9-15-11(12)4-3-7-22-15/h5-6,8,11-12,15H,3-4,7,9H2,1-2H3,(H3,17,18,19). The average molecular weight is 305 g/mol. The molecule has 3 unspecified atom stereocenters. The number of benzene rings is 1. The molecule has 1 aromatic carbocycles. The topological polar surface area (TPSA) is 78.1 Å². The molecule has 1 aliphatic heterocycles. The Balaban J connectivity index is 1.68. The van der Waals surface area contributed by atoms with E-state index in [0.717, 1.165) is 30.9 Å². The van der Waals surface area contributed by atoms with Gasteiger partial charge in [-0.25, -0.2) is 4.99 Å². The summed E-state index contributed by atoms with van der Waals surface area (Å²) < 4.78 is 16.3. The Hall–Kier alpha value is -1.95. The van der Waals surface area contributed by atoms with Gasteiger partial charge in [-0.05, 0) is 31.4 Å². The lowest BCUT2D eigenvalue weighted by Gasteiger charge is -2.45. The number of ether oxygens (including phenoxy) is 3. The second-order valence-corrected chi connectivity index (χ2v) is 5.72. The van der Waals surface area contributed by atoms with Gasteiger partial charge >= 0.3 is 0 Å². The number of nitrogens with zero attached hydrogens (tertiary/aromatic N) is 1. The smallest absolute Gasteiger partial charge is 0.193 e. The normalized spacial score (nSPS) is 27.5. The van der Waals surface area contributed by atoms with Crippen molar-refractivity contribution in [3.8, 4) is 11.5 Å². The third kappa shape index (κ3) is 2.97. The molecule has 0 bridgehead atoms. The van der Waals surface area contributed by atoms with Crippen molar-refractivity contribution in [3.63, 3.8) is 0 Å².